The van der Waals surface area contributed by atoms with Crippen molar-refractivity contribution in [1.29, 1.82) is 0 Å². The number of benzene rings is 1. The van der Waals surface area contributed by atoms with Gasteiger partial charge in [-0.25, -0.2) is 0 Å². The lowest BCUT2D eigenvalue weighted by Gasteiger charge is -2.48. The highest BCUT2D eigenvalue weighted by atomic mass is 79.9. The molecule has 1 spiro atoms. The van der Waals surface area contributed by atoms with E-state index in [0.29, 0.717) is 17.0 Å². The van der Waals surface area contributed by atoms with Crippen LogP contribution in [0.15, 0.2) is 52.1 Å². The van der Waals surface area contributed by atoms with Gasteiger partial charge in [0.25, 0.3) is 5.56 Å². The Hall–Kier alpha value is -2.71. The summed E-state index contributed by atoms with van der Waals surface area (Å²) in [5.74, 6) is 1.01. The molecule has 35 heavy (non-hydrogen) atoms. The van der Waals surface area contributed by atoms with E-state index in [1.165, 1.54) is 18.4 Å². The van der Waals surface area contributed by atoms with E-state index in [4.69, 9.17) is 0 Å². The van der Waals surface area contributed by atoms with Gasteiger partial charge in [0.1, 0.15) is 17.7 Å². The highest BCUT2D eigenvalue weighted by Crippen LogP contribution is 2.70. The molecule has 0 saturated heterocycles. The molecule has 2 saturated carbocycles. The van der Waals surface area contributed by atoms with Crippen LogP contribution in [0.5, 0.6) is 0 Å². The molecule has 1 aromatic carbocycles. The van der Waals surface area contributed by atoms with E-state index in [0.717, 1.165) is 46.5 Å². The summed E-state index contributed by atoms with van der Waals surface area (Å²) in [5.41, 5.74) is 4.01. The summed E-state index contributed by atoms with van der Waals surface area (Å²) in [5, 5.41) is 9.62. The first-order valence-corrected chi connectivity index (χ1v) is 13.1. The summed E-state index contributed by atoms with van der Waals surface area (Å²) in [6.07, 6.45) is 8.47. The van der Waals surface area contributed by atoms with Gasteiger partial charge in [-0.05, 0) is 91.7 Å². The lowest BCUT2D eigenvalue weighted by atomic mass is 9.56. The Morgan fingerprint density at radius 1 is 1.23 bits per heavy atom. The quantitative estimate of drug-likeness (QED) is 0.381. The zero-order valence-corrected chi connectivity index (χ0v) is 22.3. The monoisotopic (exact) mass is 534 g/mol. The maximum atomic E-state index is 13.6. The summed E-state index contributed by atoms with van der Waals surface area (Å²) < 4.78 is 4.69. The third-order valence-electron chi connectivity index (χ3n) is 8.23. The number of nitrogens with zero attached hydrogens (tertiary/aromatic N) is 5. The van der Waals surface area contributed by atoms with Crippen LogP contribution >= 0.6 is 15.9 Å². The number of nitrogens with one attached hydrogen (secondary N) is 1. The third kappa shape index (κ3) is 3.61. The third-order valence-corrected chi connectivity index (χ3v) is 8.87. The SMILES string of the molecule is CC(C)N(C)Cc1cc2c(Br)cn(-c3cccc(C4(c5nncn5C)CC5(CC5)C4)c3)c(=O)c2[nH]1. The fraction of sp³-hybridized carbons (Fsp3) is 0.444. The number of fused-ring (bicyclic) bond motifs is 1. The number of H-pyrrole nitrogens is 1. The highest BCUT2D eigenvalue weighted by Gasteiger charge is 2.63. The van der Waals surface area contributed by atoms with Gasteiger partial charge in [0, 0.05) is 47.1 Å². The number of hydrogen-bond acceptors (Lipinski definition) is 4. The maximum absolute atomic E-state index is 13.6. The number of rotatable bonds is 6. The minimum Gasteiger partial charge on any atom is -0.353 e. The van der Waals surface area contributed by atoms with Crippen LogP contribution in [0.25, 0.3) is 16.6 Å². The first-order valence-electron chi connectivity index (χ1n) is 12.3. The predicted octanol–water partition coefficient (Wildman–Crippen LogP) is 4.91. The lowest BCUT2D eigenvalue weighted by molar-refractivity contribution is 0.145. The molecule has 6 rings (SSSR count). The highest BCUT2D eigenvalue weighted by molar-refractivity contribution is 9.10. The van der Waals surface area contributed by atoms with Crippen LogP contribution in [0, 0.1) is 5.41 Å². The molecule has 2 aliphatic rings. The van der Waals surface area contributed by atoms with Crippen LogP contribution in [0.4, 0.5) is 0 Å². The molecule has 0 aliphatic heterocycles. The van der Waals surface area contributed by atoms with E-state index >= 15 is 0 Å². The van der Waals surface area contributed by atoms with Gasteiger partial charge < -0.3 is 9.55 Å². The summed E-state index contributed by atoms with van der Waals surface area (Å²) in [7, 11) is 4.11. The molecular formula is C27H31BrN6O. The zero-order chi connectivity index (χ0) is 24.5. The van der Waals surface area contributed by atoms with E-state index in [9.17, 15) is 4.79 Å². The fourth-order valence-corrected chi connectivity index (χ4v) is 6.40. The summed E-state index contributed by atoms with van der Waals surface area (Å²) >= 11 is 3.72. The Morgan fingerprint density at radius 3 is 2.66 bits per heavy atom. The Bertz CT molecular complexity index is 1480. The molecule has 8 heteroatoms. The molecule has 4 aromatic rings. The van der Waals surface area contributed by atoms with Crippen molar-refractivity contribution in [2.24, 2.45) is 12.5 Å². The number of aryl methyl sites for hydroxylation is 1. The van der Waals surface area contributed by atoms with Crippen molar-refractivity contribution < 1.29 is 0 Å². The van der Waals surface area contributed by atoms with Crippen LogP contribution in [0.1, 0.15) is 56.6 Å². The van der Waals surface area contributed by atoms with Crippen molar-refractivity contribution in [3.63, 3.8) is 0 Å². The van der Waals surface area contributed by atoms with E-state index in [2.05, 4.69) is 81.2 Å². The van der Waals surface area contributed by atoms with Crippen LogP contribution in [-0.4, -0.2) is 42.3 Å². The van der Waals surface area contributed by atoms with Crippen molar-refractivity contribution in [3.05, 3.63) is 74.8 Å². The molecule has 3 aromatic heterocycles. The van der Waals surface area contributed by atoms with Crippen LogP contribution in [0.2, 0.25) is 0 Å². The van der Waals surface area contributed by atoms with Crippen molar-refractivity contribution in [2.45, 2.75) is 57.5 Å². The summed E-state index contributed by atoms with van der Waals surface area (Å²) in [6.45, 7) is 5.09. The Morgan fingerprint density at radius 2 is 2.00 bits per heavy atom. The molecule has 0 unspecified atom stereocenters. The molecule has 0 bridgehead atoms. The van der Waals surface area contributed by atoms with Crippen LogP contribution < -0.4 is 5.56 Å². The average molecular weight is 535 g/mol. The number of aromatic amines is 1. The second-order valence-corrected chi connectivity index (χ2v) is 11.9. The molecule has 7 nitrogen and oxygen atoms in total. The second kappa shape index (κ2) is 7.90. The van der Waals surface area contributed by atoms with Crippen molar-refractivity contribution >= 4 is 26.8 Å². The predicted molar refractivity (Wildman–Crippen MR) is 141 cm³/mol. The van der Waals surface area contributed by atoms with Gasteiger partial charge in [0.05, 0.1) is 5.41 Å². The standard InChI is InChI=1S/C27H31BrN6O/c1-17(2)32(3)12-19-11-21-22(28)13-34(24(35)23(21)30-19)20-7-5-6-18(10-20)27(14-26(15-27)8-9-26)25-31-29-16-33(25)4/h5-7,10-11,13,16-17,30H,8-9,12,14-15H2,1-4H3. The summed E-state index contributed by atoms with van der Waals surface area (Å²) in [4.78, 5) is 19.3. The molecule has 0 radical (unpaired) electrons. The minimum atomic E-state index is -0.149. The lowest BCUT2D eigenvalue weighted by Crippen LogP contribution is -2.45. The molecule has 2 aliphatic carbocycles. The first-order chi connectivity index (χ1) is 16.7. The molecule has 0 atom stereocenters. The van der Waals surface area contributed by atoms with Crippen molar-refractivity contribution in [1.82, 2.24) is 29.2 Å². The van der Waals surface area contributed by atoms with Crippen molar-refractivity contribution in [3.8, 4) is 5.69 Å². The van der Waals surface area contributed by atoms with E-state index in [1.54, 1.807) is 10.9 Å². The van der Waals surface area contributed by atoms with Crippen LogP contribution in [0.3, 0.4) is 0 Å². The second-order valence-electron chi connectivity index (χ2n) is 11.0. The van der Waals surface area contributed by atoms with Gasteiger partial charge in [-0.1, -0.05) is 12.1 Å². The van der Waals surface area contributed by atoms with E-state index in [1.807, 2.05) is 23.9 Å². The average Bonchev–Trinajstić information content (AvgIpc) is 3.28. The molecule has 1 N–H and O–H groups in total. The van der Waals surface area contributed by atoms with Gasteiger partial charge in [-0.3, -0.25) is 14.3 Å². The topological polar surface area (TPSA) is 71.7 Å². The number of pyridine rings is 1. The minimum absolute atomic E-state index is 0.0428. The zero-order valence-electron chi connectivity index (χ0n) is 20.7. The smallest absolute Gasteiger partial charge is 0.279 e. The van der Waals surface area contributed by atoms with Gasteiger partial charge in [-0.2, -0.15) is 0 Å². The number of hydrogen-bond donors (Lipinski definition) is 1. The number of halogens is 1. The first kappa shape index (κ1) is 22.7. The Kier molecular flexibility index (Phi) is 5.13. The normalized spacial score (nSPS) is 18.0. The molecule has 182 valence electrons. The Balaban J connectivity index is 1.43. The van der Waals surface area contributed by atoms with Gasteiger partial charge in [0.2, 0.25) is 0 Å². The maximum Gasteiger partial charge on any atom is 0.279 e. The van der Waals surface area contributed by atoms with Crippen LogP contribution in [-0.2, 0) is 19.0 Å². The molecular weight excluding hydrogens is 504 g/mol. The largest absolute Gasteiger partial charge is 0.353 e. The van der Waals surface area contributed by atoms with Gasteiger partial charge in [0.15, 0.2) is 0 Å². The van der Waals surface area contributed by atoms with Gasteiger partial charge in [-0.15, -0.1) is 10.2 Å². The van der Waals surface area contributed by atoms with E-state index < -0.39 is 0 Å². The molecule has 2 fully saturated rings. The van der Waals surface area contributed by atoms with Gasteiger partial charge >= 0.3 is 0 Å². The number of aromatic nitrogens is 5. The Labute approximate surface area is 213 Å². The van der Waals surface area contributed by atoms with Crippen molar-refractivity contribution in [2.75, 3.05) is 7.05 Å². The van der Waals surface area contributed by atoms with E-state index in [-0.39, 0.29) is 11.0 Å². The molecule has 0 amide bonds. The summed E-state index contributed by atoms with van der Waals surface area (Å²) in [6, 6.07) is 10.9. The fourth-order valence-electron chi connectivity index (χ4n) is 5.88. The molecule has 3 heterocycles.